The van der Waals surface area contributed by atoms with Crippen LogP contribution in [0.3, 0.4) is 0 Å². The van der Waals surface area contributed by atoms with Crippen molar-refractivity contribution in [2.75, 3.05) is 11.3 Å². The molecule has 0 spiro atoms. The van der Waals surface area contributed by atoms with Crippen molar-refractivity contribution >= 4 is 34.9 Å². The van der Waals surface area contributed by atoms with Crippen molar-refractivity contribution in [3.8, 4) is 16.8 Å². The maximum Gasteiger partial charge on any atom is 0.446 e. The Bertz CT molecular complexity index is 1530. The van der Waals surface area contributed by atoms with Gasteiger partial charge in [-0.25, -0.2) is 10.8 Å². The molecule has 3 aromatic carbocycles. The Labute approximate surface area is 234 Å². The molecule has 5 nitrogen and oxygen atoms in total. The highest BCUT2D eigenvalue weighted by Gasteiger charge is 2.35. The van der Waals surface area contributed by atoms with E-state index in [1.54, 1.807) is 30.0 Å². The van der Waals surface area contributed by atoms with Crippen LogP contribution in [0.15, 0.2) is 88.9 Å². The highest BCUT2D eigenvalue weighted by Crippen LogP contribution is 2.39. The van der Waals surface area contributed by atoms with Gasteiger partial charge < -0.3 is 10.3 Å². The molecule has 0 aliphatic rings. The molecule has 0 fully saturated rings. The van der Waals surface area contributed by atoms with Crippen molar-refractivity contribution in [1.82, 2.24) is 9.55 Å². The van der Waals surface area contributed by atoms with Gasteiger partial charge in [0.25, 0.3) is 0 Å². The van der Waals surface area contributed by atoms with E-state index in [1.807, 2.05) is 30.5 Å². The van der Waals surface area contributed by atoms with Gasteiger partial charge in [0.05, 0.1) is 17.1 Å². The van der Waals surface area contributed by atoms with Crippen LogP contribution in [0.2, 0.25) is 0 Å². The van der Waals surface area contributed by atoms with Crippen LogP contribution in [0.25, 0.3) is 22.5 Å². The number of hydrazine groups is 1. The first kappa shape index (κ1) is 29.4. The molecule has 0 saturated heterocycles. The zero-order chi connectivity index (χ0) is 29.2. The Morgan fingerprint density at radius 2 is 1.60 bits per heavy atom. The highest BCUT2D eigenvalue weighted by atomic mass is 32.2. The van der Waals surface area contributed by atoms with Crippen molar-refractivity contribution in [3.63, 3.8) is 0 Å². The average molecular weight is 596 g/mol. The minimum absolute atomic E-state index is 0.0266. The second kappa shape index (κ2) is 11.5. The number of imidazole rings is 1. The molecule has 4 N–H and O–H groups in total. The Balaban J connectivity index is 1.84. The van der Waals surface area contributed by atoms with Crippen LogP contribution in [0.5, 0.6) is 0 Å². The summed E-state index contributed by atoms with van der Waals surface area (Å²) in [5.74, 6) is 6.62. The Hall–Kier alpha value is -3.55. The number of aromatic nitrogens is 2. The van der Waals surface area contributed by atoms with Crippen LogP contribution in [-0.2, 0) is 6.18 Å². The summed E-state index contributed by atoms with van der Waals surface area (Å²) in [6.07, 6.45) is -0.662. The number of anilines is 1. The van der Waals surface area contributed by atoms with E-state index in [2.05, 4.69) is 4.98 Å². The van der Waals surface area contributed by atoms with Gasteiger partial charge >= 0.3 is 11.7 Å². The molecule has 1 aromatic heterocycles. The molecule has 0 aliphatic carbocycles. The number of benzene rings is 3. The molecule has 0 aliphatic heterocycles. The minimum atomic E-state index is -4.66. The van der Waals surface area contributed by atoms with E-state index in [4.69, 9.17) is 11.6 Å². The van der Waals surface area contributed by atoms with E-state index >= 15 is 0 Å². The third-order valence-corrected chi connectivity index (χ3v) is 7.34. The van der Waals surface area contributed by atoms with E-state index in [0.717, 1.165) is 22.2 Å². The number of nitrogens with zero attached hydrogens (tertiary/aromatic N) is 3. The van der Waals surface area contributed by atoms with Crippen molar-refractivity contribution in [1.29, 1.82) is 0 Å². The lowest BCUT2D eigenvalue weighted by molar-refractivity contribution is -0.141. The first-order valence-corrected chi connectivity index (χ1v) is 13.6. The predicted molar refractivity (Wildman–Crippen MR) is 148 cm³/mol. The maximum atomic E-state index is 13.4. The molecule has 4 aromatic rings. The third kappa shape index (κ3) is 6.60. The van der Waals surface area contributed by atoms with Gasteiger partial charge in [0.15, 0.2) is 5.69 Å². The van der Waals surface area contributed by atoms with Crippen LogP contribution in [0.4, 0.5) is 32.0 Å². The summed E-state index contributed by atoms with van der Waals surface area (Å²) in [7, 11) is 0. The summed E-state index contributed by atoms with van der Waals surface area (Å²) in [6, 6.07) is 18.2. The number of nitrogens with two attached hydrogens (primary N) is 2. The number of rotatable bonds is 7. The van der Waals surface area contributed by atoms with Gasteiger partial charge in [-0.05, 0) is 72.5 Å². The zero-order valence-electron chi connectivity index (χ0n) is 21.1. The van der Waals surface area contributed by atoms with Crippen LogP contribution >= 0.6 is 23.5 Å². The fourth-order valence-electron chi connectivity index (χ4n) is 4.03. The number of alkyl halides is 6. The Kier molecular flexibility index (Phi) is 8.47. The molecule has 0 saturated carbocycles. The maximum absolute atomic E-state index is 13.4. The van der Waals surface area contributed by atoms with Crippen LogP contribution < -0.4 is 16.6 Å². The second-order valence-electron chi connectivity index (χ2n) is 8.47. The lowest BCUT2D eigenvalue weighted by atomic mass is 10.0. The van der Waals surface area contributed by atoms with Gasteiger partial charge in [0.1, 0.15) is 5.82 Å². The number of hydrogen-bond acceptors (Lipinski definition) is 6. The molecular weight excluding hydrogens is 572 g/mol. The van der Waals surface area contributed by atoms with E-state index < -0.39 is 17.4 Å². The molecule has 0 bridgehead atoms. The lowest BCUT2D eigenvalue weighted by Crippen LogP contribution is -2.31. The van der Waals surface area contributed by atoms with Gasteiger partial charge in [-0.2, -0.15) is 26.3 Å². The second-order valence-corrected chi connectivity index (χ2v) is 10.5. The number of hydrogen-bond donors (Lipinski definition) is 2. The largest absolute Gasteiger partial charge is 0.446 e. The fourth-order valence-corrected chi connectivity index (χ4v) is 5.03. The van der Waals surface area contributed by atoms with Crippen molar-refractivity contribution in [2.45, 2.75) is 28.4 Å². The Morgan fingerprint density at radius 3 is 2.17 bits per heavy atom. The van der Waals surface area contributed by atoms with Crippen molar-refractivity contribution in [2.24, 2.45) is 11.6 Å². The van der Waals surface area contributed by atoms with Gasteiger partial charge in [-0.1, -0.05) is 30.3 Å². The summed E-state index contributed by atoms with van der Waals surface area (Å²) < 4.78 is 79.9. The quantitative estimate of drug-likeness (QED) is 0.0982. The fraction of sp³-hybridized carbons (Fsp3) is 0.148. The lowest BCUT2D eigenvalue weighted by Gasteiger charge is -2.26. The molecule has 0 unspecified atom stereocenters. The summed E-state index contributed by atoms with van der Waals surface area (Å²) in [4.78, 5) is 4.65. The SMILES string of the molecule is CSc1cccc(-c2ccc(-n3cc(C(F)(F)F)nc3C)c(N(N)/C(=C\N)c3ccc(SC(F)(F)F)cc3)c2)c1. The number of halogens is 6. The number of thioether (sulfide) groups is 2. The first-order valence-electron chi connectivity index (χ1n) is 11.6. The van der Waals surface area contributed by atoms with E-state index in [9.17, 15) is 26.3 Å². The molecule has 4 rings (SSSR count). The summed E-state index contributed by atoms with van der Waals surface area (Å²) in [6.45, 7) is 1.44. The normalized spacial score (nSPS) is 12.6. The molecule has 13 heteroatoms. The minimum Gasteiger partial charge on any atom is -0.403 e. The highest BCUT2D eigenvalue weighted by molar-refractivity contribution is 8.00. The number of aryl methyl sites for hydroxylation is 1. The molecule has 0 atom stereocenters. The molecule has 40 heavy (non-hydrogen) atoms. The van der Waals surface area contributed by atoms with Crippen molar-refractivity contribution < 1.29 is 26.3 Å². The van der Waals surface area contributed by atoms with E-state index in [1.165, 1.54) is 47.0 Å². The summed E-state index contributed by atoms with van der Waals surface area (Å²) >= 11 is 1.30. The smallest absolute Gasteiger partial charge is 0.403 e. The van der Waals surface area contributed by atoms with Crippen LogP contribution in [-0.4, -0.2) is 21.3 Å². The van der Waals surface area contributed by atoms with Gasteiger partial charge in [-0.15, -0.1) is 11.8 Å². The predicted octanol–water partition coefficient (Wildman–Crippen LogP) is 7.84. The molecule has 210 valence electrons. The van der Waals surface area contributed by atoms with Crippen LogP contribution in [0, 0.1) is 6.92 Å². The third-order valence-electron chi connectivity index (χ3n) is 5.87. The monoisotopic (exact) mass is 595 g/mol. The van der Waals surface area contributed by atoms with Crippen LogP contribution in [0.1, 0.15) is 17.1 Å². The molecule has 1 heterocycles. The standard InChI is InChI=1S/C27H23F6N5S2/c1-16-36-25(26(28,29)30)15-37(16)22-11-8-19(18-4-3-5-21(12-18)39-2)13-23(22)38(35)24(14-34)17-6-9-20(10-7-17)40-27(31,32)33/h3-15H,34-35H2,1-2H3/b24-14-. The molecule has 0 radical (unpaired) electrons. The topological polar surface area (TPSA) is 73.1 Å². The first-order chi connectivity index (χ1) is 18.8. The van der Waals surface area contributed by atoms with Gasteiger partial charge in [0, 0.05) is 27.8 Å². The summed E-state index contributed by atoms with van der Waals surface area (Å²) in [5.41, 5.74) is 3.16. The zero-order valence-corrected chi connectivity index (χ0v) is 22.7. The molecule has 0 amide bonds. The van der Waals surface area contributed by atoms with E-state index in [0.29, 0.717) is 5.56 Å². The summed E-state index contributed by atoms with van der Waals surface area (Å²) in [5, 5.41) is 1.19. The van der Waals surface area contributed by atoms with Gasteiger partial charge in [-0.3, -0.25) is 5.01 Å². The Morgan fingerprint density at radius 1 is 0.925 bits per heavy atom. The van der Waals surface area contributed by atoms with Gasteiger partial charge in [0.2, 0.25) is 0 Å². The average Bonchev–Trinajstić information content (AvgIpc) is 3.31. The van der Waals surface area contributed by atoms with E-state index in [-0.39, 0.29) is 39.6 Å². The molecular formula is C27H23F6N5S2. The van der Waals surface area contributed by atoms with Crippen molar-refractivity contribution in [3.05, 3.63) is 96.2 Å².